The number of hydrogen-bond acceptors (Lipinski definition) is 3. The van der Waals surface area contributed by atoms with Crippen molar-refractivity contribution in [2.45, 2.75) is 31.8 Å². The molecule has 1 heterocycles. The minimum absolute atomic E-state index is 0.0323. The summed E-state index contributed by atoms with van der Waals surface area (Å²) in [4.78, 5) is 24.4. The Balaban J connectivity index is 1.89. The second-order valence-corrected chi connectivity index (χ2v) is 5.16. The number of carbonyl (C=O) groups is 2. The van der Waals surface area contributed by atoms with Crippen LogP contribution in [-0.2, 0) is 22.6 Å². The molecule has 1 amide bonds. The van der Waals surface area contributed by atoms with E-state index >= 15 is 0 Å². The molecule has 1 aromatic carbocycles. The molecular weight excluding hydrogens is 256 g/mol. The Labute approximate surface area is 118 Å². The Morgan fingerprint density at radius 2 is 2.05 bits per heavy atom. The quantitative estimate of drug-likeness (QED) is 0.842. The summed E-state index contributed by atoms with van der Waals surface area (Å²) in [6.45, 7) is 1.18. The van der Waals surface area contributed by atoms with E-state index in [4.69, 9.17) is 5.11 Å². The number of nitrogens with zero attached hydrogens (tertiary/aromatic N) is 1. The molecule has 1 atom stereocenters. The van der Waals surface area contributed by atoms with Crippen LogP contribution in [0.5, 0.6) is 0 Å². The number of carboxylic acid groups (broad SMARTS) is 1. The van der Waals surface area contributed by atoms with Crippen LogP contribution in [0.2, 0.25) is 0 Å². The number of fused-ring (bicyclic) bond motifs is 1. The molecule has 0 aromatic heterocycles. The van der Waals surface area contributed by atoms with E-state index in [0.29, 0.717) is 25.9 Å². The van der Waals surface area contributed by atoms with E-state index in [-0.39, 0.29) is 18.4 Å². The highest BCUT2D eigenvalue weighted by Crippen LogP contribution is 2.17. The number of likely N-dealkylation sites (N-methyl/N-ethyl adjacent to an activating group) is 1. The van der Waals surface area contributed by atoms with Gasteiger partial charge >= 0.3 is 5.97 Å². The molecule has 5 heteroatoms. The van der Waals surface area contributed by atoms with E-state index in [9.17, 15) is 9.59 Å². The summed E-state index contributed by atoms with van der Waals surface area (Å²) in [5.41, 5.74) is 2.45. The fraction of sp³-hybridized carbons (Fsp3) is 0.467. The summed E-state index contributed by atoms with van der Waals surface area (Å²) in [7, 11) is 1.73. The molecule has 0 bridgehead atoms. The van der Waals surface area contributed by atoms with E-state index in [2.05, 4.69) is 17.4 Å². The number of carboxylic acids is 1. The summed E-state index contributed by atoms with van der Waals surface area (Å²) < 4.78 is 0. The van der Waals surface area contributed by atoms with Crippen LogP contribution < -0.4 is 5.32 Å². The average Bonchev–Trinajstić information content (AvgIpc) is 2.45. The Morgan fingerprint density at radius 1 is 1.35 bits per heavy atom. The number of aliphatic carboxylic acids is 1. The SMILES string of the molecule is CN(CCCC(=O)O)C(=O)[C@H]1Cc2ccccc2CN1. The van der Waals surface area contributed by atoms with Crippen molar-refractivity contribution in [1.82, 2.24) is 10.2 Å². The van der Waals surface area contributed by atoms with Crippen LogP contribution in [0.25, 0.3) is 0 Å². The van der Waals surface area contributed by atoms with Crippen molar-refractivity contribution in [1.29, 1.82) is 0 Å². The van der Waals surface area contributed by atoms with E-state index in [1.54, 1.807) is 11.9 Å². The lowest BCUT2D eigenvalue weighted by atomic mass is 9.95. The maximum atomic E-state index is 12.3. The van der Waals surface area contributed by atoms with Gasteiger partial charge in [0.25, 0.3) is 0 Å². The topological polar surface area (TPSA) is 69.6 Å². The molecular formula is C15H20N2O3. The normalized spacial score (nSPS) is 17.4. The van der Waals surface area contributed by atoms with Crippen LogP contribution in [0.4, 0.5) is 0 Å². The maximum absolute atomic E-state index is 12.3. The van der Waals surface area contributed by atoms with Gasteiger partial charge in [0.1, 0.15) is 0 Å². The van der Waals surface area contributed by atoms with Gasteiger partial charge in [0, 0.05) is 26.6 Å². The van der Waals surface area contributed by atoms with Crippen LogP contribution in [0.3, 0.4) is 0 Å². The first kappa shape index (κ1) is 14.5. The number of hydrogen-bond donors (Lipinski definition) is 2. The van der Waals surface area contributed by atoms with Gasteiger partial charge in [-0.1, -0.05) is 24.3 Å². The van der Waals surface area contributed by atoms with Crippen molar-refractivity contribution in [3.05, 3.63) is 35.4 Å². The summed E-state index contributed by atoms with van der Waals surface area (Å²) in [6.07, 6.45) is 1.28. The van der Waals surface area contributed by atoms with Gasteiger partial charge in [-0.15, -0.1) is 0 Å². The van der Waals surface area contributed by atoms with Crippen LogP contribution in [0.15, 0.2) is 24.3 Å². The third kappa shape index (κ3) is 3.57. The molecule has 0 saturated carbocycles. The Morgan fingerprint density at radius 3 is 2.75 bits per heavy atom. The van der Waals surface area contributed by atoms with Crippen molar-refractivity contribution < 1.29 is 14.7 Å². The van der Waals surface area contributed by atoms with E-state index in [0.717, 1.165) is 0 Å². The molecule has 2 N–H and O–H groups in total. The van der Waals surface area contributed by atoms with Gasteiger partial charge in [0.2, 0.25) is 5.91 Å². The van der Waals surface area contributed by atoms with Crippen molar-refractivity contribution in [3.63, 3.8) is 0 Å². The molecule has 0 aliphatic carbocycles. The predicted octanol–water partition coefficient (Wildman–Crippen LogP) is 1.02. The monoisotopic (exact) mass is 276 g/mol. The summed E-state index contributed by atoms with van der Waals surface area (Å²) >= 11 is 0. The highest BCUT2D eigenvalue weighted by molar-refractivity contribution is 5.82. The predicted molar refractivity (Wildman–Crippen MR) is 75.3 cm³/mol. The number of rotatable bonds is 5. The lowest BCUT2D eigenvalue weighted by Crippen LogP contribution is -2.48. The molecule has 108 valence electrons. The smallest absolute Gasteiger partial charge is 0.303 e. The number of nitrogens with one attached hydrogen (secondary N) is 1. The molecule has 5 nitrogen and oxygen atoms in total. The van der Waals surface area contributed by atoms with Crippen LogP contribution in [0.1, 0.15) is 24.0 Å². The molecule has 2 rings (SSSR count). The highest BCUT2D eigenvalue weighted by Gasteiger charge is 2.26. The summed E-state index contributed by atoms with van der Waals surface area (Å²) in [5.74, 6) is -0.791. The van der Waals surface area contributed by atoms with Gasteiger partial charge in [-0.25, -0.2) is 0 Å². The van der Waals surface area contributed by atoms with E-state index in [1.807, 2.05) is 12.1 Å². The van der Waals surface area contributed by atoms with Crippen molar-refractivity contribution in [2.75, 3.05) is 13.6 Å². The number of benzene rings is 1. The average molecular weight is 276 g/mol. The van der Waals surface area contributed by atoms with Gasteiger partial charge < -0.3 is 15.3 Å². The van der Waals surface area contributed by atoms with Crippen LogP contribution >= 0.6 is 0 Å². The van der Waals surface area contributed by atoms with Gasteiger partial charge in [0.05, 0.1) is 6.04 Å². The molecule has 0 radical (unpaired) electrons. The fourth-order valence-corrected chi connectivity index (χ4v) is 2.47. The third-order valence-electron chi connectivity index (χ3n) is 3.64. The largest absolute Gasteiger partial charge is 0.481 e. The minimum Gasteiger partial charge on any atom is -0.481 e. The first-order valence-electron chi connectivity index (χ1n) is 6.85. The lowest BCUT2D eigenvalue weighted by Gasteiger charge is -2.29. The zero-order chi connectivity index (χ0) is 14.5. The molecule has 0 spiro atoms. The molecule has 20 heavy (non-hydrogen) atoms. The minimum atomic E-state index is -0.824. The zero-order valence-corrected chi connectivity index (χ0v) is 11.6. The fourth-order valence-electron chi connectivity index (χ4n) is 2.47. The van der Waals surface area contributed by atoms with Gasteiger partial charge in [-0.05, 0) is 24.0 Å². The van der Waals surface area contributed by atoms with Crippen molar-refractivity contribution >= 4 is 11.9 Å². The molecule has 0 unspecified atom stereocenters. The molecule has 1 aromatic rings. The second kappa shape index (κ2) is 6.52. The summed E-state index contributed by atoms with van der Waals surface area (Å²) in [6, 6.07) is 7.91. The van der Waals surface area contributed by atoms with Gasteiger partial charge in [-0.3, -0.25) is 9.59 Å². The number of carbonyl (C=O) groups excluding carboxylic acids is 1. The van der Waals surface area contributed by atoms with E-state index in [1.165, 1.54) is 11.1 Å². The summed E-state index contributed by atoms with van der Waals surface area (Å²) in [5, 5.41) is 11.9. The Bertz CT molecular complexity index is 502. The van der Waals surface area contributed by atoms with E-state index < -0.39 is 5.97 Å². The highest BCUT2D eigenvalue weighted by atomic mass is 16.4. The standard InChI is InChI=1S/C15H20N2O3/c1-17(8-4-7-14(18)19)15(20)13-9-11-5-2-3-6-12(11)10-16-13/h2-3,5-6,13,16H,4,7-10H2,1H3,(H,18,19)/t13-/m1/s1. The third-order valence-corrected chi connectivity index (χ3v) is 3.64. The Kier molecular flexibility index (Phi) is 4.74. The molecule has 0 fully saturated rings. The van der Waals surface area contributed by atoms with Gasteiger partial charge in [-0.2, -0.15) is 0 Å². The molecule has 1 aliphatic rings. The van der Waals surface area contributed by atoms with Crippen molar-refractivity contribution in [3.8, 4) is 0 Å². The zero-order valence-electron chi connectivity index (χ0n) is 11.6. The van der Waals surface area contributed by atoms with Crippen LogP contribution in [-0.4, -0.2) is 41.5 Å². The maximum Gasteiger partial charge on any atom is 0.303 e. The number of amides is 1. The first-order chi connectivity index (χ1) is 9.58. The molecule has 1 aliphatic heterocycles. The molecule has 0 saturated heterocycles. The first-order valence-corrected chi connectivity index (χ1v) is 6.85. The Hall–Kier alpha value is -1.88. The van der Waals surface area contributed by atoms with Crippen molar-refractivity contribution in [2.24, 2.45) is 0 Å². The van der Waals surface area contributed by atoms with Crippen LogP contribution in [0, 0.1) is 0 Å². The lowest BCUT2D eigenvalue weighted by molar-refractivity contribution is -0.138. The second-order valence-electron chi connectivity index (χ2n) is 5.16. The van der Waals surface area contributed by atoms with Gasteiger partial charge in [0.15, 0.2) is 0 Å².